The van der Waals surface area contributed by atoms with Crippen LogP contribution in [0.15, 0.2) is 47.8 Å². The molecule has 116 valence electrons. The third-order valence-corrected chi connectivity index (χ3v) is 5.15. The number of nitrogens with zero attached hydrogens (tertiary/aromatic N) is 3. The standard InChI is InChI=1S/C16H19N3O2S/c1-22(20,21)14-6-4-13(5-7-14)12-19-10-2-3-16(19)15-11-17-8-9-18-15/h4-9,11,16H,2-3,10,12H2,1H3. The molecular weight excluding hydrogens is 298 g/mol. The van der Waals surface area contributed by atoms with Crippen LogP contribution < -0.4 is 0 Å². The van der Waals surface area contributed by atoms with Crippen molar-refractivity contribution in [2.45, 2.75) is 30.3 Å². The molecule has 1 aromatic heterocycles. The number of sulfone groups is 1. The minimum absolute atomic E-state index is 0.295. The van der Waals surface area contributed by atoms with Gasteiger partial charge in [0.05, 0.1) is 16.6 Å². The molecule has 0 bridgehead atoms. The molecule has 5 nitrogen and oxygen atoms in total. The largest absolute Gasteiger partial charge is 0.290 e. The minimum Gasteiger partial charge on any atom is -0.290 e. The molecule has 0 N–H and O–H groups in total. The molecule has 2 heterocycles. The van der Waals surface area contributed by atoms with Crippen LogP contribution in [-0.4, -0.2) is 36.1 Å². The first kappa shape index (κ1) is 15.1. The van der Waals surface area contributed by atoms with E-state index in [1.807, 2.05) is 18.3 Å². The second-order valence-corrected chi connectivity index (χ2v) is 7.69. The maximum atomic E-state index is 11.5. The molecule has 0 saturated carbocycles. The van der Waals surface area contributed by atoms with E-state index in [-0.39, 0.29) is 0 Å². The molecule has 1 atom stereocenters. The summed E-state index contributed by atoms with van der Waals surface area (Å²) in [5.41, 5.74) is 2.12. The van der Waals surface area contributed by atoms with Crippen molar-refractivity contribution in [3.8, 4) is 0 Å². The van der Waals surface area contributed by atoms with Crippen LogP contribution in [0, 0.1) is 0 Å². The summed E-state index contributed by atoms with van der Waals surface area (Å²) >= 11 is 0. The summed E-state index contributed by atoms with van der Waals surface area (Å²) in [6.45, 7) is 1.82. The van der Waals surface area contributed by atoms with Crippen LogP contribution >= 0.6 is 0 Å². The molecular formula is C16H19N3O2S. The maximum Gasteiger partial charge on any atom is 0.175 e. The van der Waals surface area contributed by atoms with Crippen LogP contribution in [0.3, 0.4) is 0 Å². The number of rotatable bonds is 4. The number of aromatic nitrogens is 2. The van der Waals surface area contributed by atoms with Crippen molar-refractivity contribution in [1.82, 2.24) is 14.9 Å². The number of benzene rings is 1. The third-order valence-electron chi connectivity index (χ3n) is 4.03. The van der Waals surface area contributed by atoms with Crippen LogP contribution in [0.4, 0.5) is 0 Å². The first-order chi connectivity index (χ1) is 10.5. The Labute approximate surface area is 130 Å². The molecule has 3 rings (SSSR count). The summed E-state index contributed by atoms with van der Waals surface area (Å²) in [6.07, 6.45) is 8.70. The van der Waals surface area contributed by atoms with Gasteiger partial charge in [-0.25, -0.2) is 8.42 Å². The smallest absolute Gasteiger partial charge is 0.175 e. The normalized spacial score (nSPS) is 19.4. The van der Waals surface area contributed by atoms with Crippen LogP contribution in [-0.2, 0) is 16.4 Å². The lowest BCUT2D eigenvalue weighted by atomic mass is 10.1. The van der Waals surface area contributed by atoms with Gasteiger partial charge in [-0.1, -0.05) is 12.1 Å². The molecule has 1 fully saturated rings. The van der Waals surface area contributed by atoms with Gasteiger partial charge in [0.25, 0.3) is 0 Å². The van der Waals surface area contributed by atoms with Gasteiger partial charge in [-0.05, 0) is 37.1 Å². The van der Waals surface area contributed by atoms with Crippen LogP contribution in [0.5, 0.6) is 0 Å². The maximum absolute atomic E-state index is 11.5. The highest BCUT2D eigenvalue weighted by molar-refractivity contribution is 7.90. The van der Waals surface area contributed by atoms with E-state index in [1.165, 1.54) is 6.26 Å². The van der Waals surface area contributed by atoms with Crippen molar-refractivity contribution in [3.05, 3.63) is 54.1 Å². The first-order valence-electron chi connectivity index (χ1n) is 7.33. The van der Waals surface area contributed by atoms with Crippen molar-refractivity contribution in [2.24, 2.45) is 0 Å². The van der Waals surface area contributed by atoms with E-state index in [1.54, 1.807) is 24.5 Å². The van der Waals surface area contributed by atoms with Crippen LogP contribution in [0.1, 0.15) is 30.1 Å². The summed E-state index contributed by atoms with van der Waals surface area (Å²) in [7, 11) is -3.13. The van der Waals surface area contributed by atoms with E-state index in [4.69, 9.17) is 0 Å². The van der Waals surface area contributed by atoms with E-state index in [0.717, 1.165) is 37.2 Å². The summed E-state index contributed by atoms with van der Waals surface area (Å²) < 4.78 is 23.0. The highest BCUT2D eigenvalue weighted by Crippen LogP contribution is 2.31. The second kappa shape index (κ2) is 6.14. The fraction of sp³-hybridized carbons (Fsp3) is 0.375. The van der Waals surface area contributed by atoms with Gasteiger partial charge in [-0.3, -0.25) is 14.9 Å². The van der Waals surface area contributed by atoms with Gasteiger partial charge >= 0.3 is 0 Å². The van der Waals surface area contributed by atoms with Gasteiger partial charge in [0.15, 0.2) is 9.84 Å². The third kappa shape index (κ3) is 3.34. The van der Waals surface area contributed by atoms with Crippen molar-refractivity contribution in [2.75, 3.05) is 12.8 Å². The fourth-order valence-corrected chi connectivity index (χ4v) is 3.54. The van der Waals surface area contributed by atoms with Gasteiger partial charge in [-0.15, -0.1) is 0 Å². The Morgan fingerprint density at radius 1 is 1.23 bits per heavy atom. The van der Waals surface area contributed by atoms with Gasteiger partial charge in [0.1, 0.15) is 0 Å². The molecule has 0 amide bonds. The molecule has 1 saturated heterocycles. The molecule has 1 aliphatic heterocycles. The SMILES string of the molecule is CS(=O)(=O)c1ccc(CN2CCCC2c2cnccn2)cc1. The Morgan fingerprint density at radius 2 is 2.00 bits per heavy atom. The molecule has 2 aromatic rings. The van der Waals surface area contributed by atoms with E-state index in [0.29, 0.717) is 10.9 Å². The van der Waals surface area contributed by atoms with Crippen LogP contribution in [0.2, 0.25) is 0 Å². The fourth-order valence-electron chi connectivity index (χ4n) is 2.91. The predicted octanol–water partition coefficient (Wildman–Crippen LogP) is 2.22. The lowest BCUT2D eigenvalue weighted by Crippen LogP contribution is -2.23. The highest BCUT2D eigenvalue weighted by atomic mass is 32.2. The summed E-state index contributed by atoms with van der Waals surface area (Å²) in [5, 5.41) is 0. The Kier molecular flexibility index (Phi) is 4.22. The highest BCUT2D eigenvalue weighted by Gasteiger charge is 2.27. The molecule has 1 aliphatic rings. The second-order valence-electron chi connectivity index (χ2n) is 5.67. The minimum atomic E-state index is -3.13. The van der Waals surface area contributed by atoms with Crippen molar-refractivity contribution in [1.29, 1.82) is 0 Å². The average molecular weight is 317 g/mol. The van der Waals surface area contributed by atoms with E-state index < -0.39 is 9.84 Å². The Hall–Kier alpha value is -1.79. The quantitative estimate of drug-likeness (QED) is 0.865. The molecule has 0 radical (unpaired) electrons. The number of likely N-dealkylation sites (tertiary alicyclic amines) is 1. The topological polar surface area (TPSA) is 63.2 Å². The van der Waals surface area contributed by atoms with Crippen molar-refractivity contribution < 1.29 is 8.42 Å². The van der Waals surface area contributed by atoms with E-state index >= 15 is 0 Å². The van der Waals surface area contributed by atoms with Crippen molar-refractivity contribution >= 4 is 9.84 Å². The Balaban J connectivity index is 1.75. The lowest BCUT2D eigenvalue weighted by Gasteiger charge is -2.23. The van der Waals surface area contributed by atoms with Gasteiger partial charge in [-0.2, -0.15) is 0 Å². The predicted molar refractivity (Wildman–Crippen MR) is 84.0 cm³/mol. The van der Waals surface area contributed by atoms with Gasteiger partial charge in [0.2, 0.25) is 0 Å². The Bertz CT molecular complexity index is 730. The molecule has 0 aliphatic carbocycles. The van der Waals surface area contributed by atoms with E-state index in [2.05, 4.69) is 14.9 Å². The zero-order chi connectivity index (χ0) is 15.6. The van der Waals surface area contributed by atoms with Crippen LogP contribution in [0.25, 0.3) is 0 Å². The van der Waals surface area contributed by atoms with Gasteiger partial charge in [0, 0.05) is 31.4 Å². The number of hydrogen-bond donors (Lipinski definition) is 0. The zero-order valence-corrected chi connectivity index (χ0v) is 13.3. The summed E-state index contributed by atoms with van der Waals surface area (Å²) in [6, 6.07) is 7.43. The molecule has 0 spiro atoms. The lowest BCUT2D eigenvalue weighted by molar-refractivity contribution is 0.244. The average Bonchev–Trinajstić information content (AvgIpc) is 2.96. The molecule has 6 heteroatoms. The molecule has 1 aromatic carbocycles. The van der Waals surface area contributed by atoms with Gasteiger partial charge < -0.3 is 0 Å². The monoisotopic (exact) mass is 317 g/mol. The first-order valence-corrected chi connectivity index (χ1v) is 9.22. The molecule has 1 unspecified atom stereocenters. The zero-order valence-electron chi connectivity index (χ0n) is 12.5. The van der Waals surface area contributed by atoms with E-state index in [9.17, 15) is 8.42 Å². The Morgan fingerprint density at radius 3 is 2.64 bits per heavy atom. The van der Waals surface area contributed by atoms with Crippen molar-refractivity contribution in [3.63, 3.8) is 0 Å². The molecule has 22 heavy (non-hydrogen) atoms. The number of hydrogen-bond acceptors (Lipinski definition) is 5. The summed E-state index contributed by atoms with van der Waals surface area (Å²) in [5.74, 6) is 0. The summed E-state index contributed by atoms with van der Waals surface area (Å²) in [4.78, 5) is 11.3.